The number of aliphatic hydroxyl groups is 1. The summed E-state index contributed by atoms with van der Waals surface area (Å²) in [6, 6.07) is 16.4. The van der Waals surface area contributed by atoms with Gasteiger partial charge in [-0.1, -0.05) is 86.6 Å². The Kier molecular flexibility index (Phi) is 15.8. The third kappa shape index (κ3) is 12.6. The zero-order valence-corrected chi connectivity index (χ0v) is 28.6. The Hall–Kier alpha value is -4.85. The van der Waals surface area contributed by atoms with Crippen molar-refractivity contribution >= 4 is 40.4 Å². The summed E-state index contributed by atoms with van der Waals surface area (Å²) in [5, 5.41) is 32.1. The van der Waals surface area contributed by atoms with E-state index in [0.717, 1.165) is 16.3 Å². The fourth-order valence-corrected chi connectivity index (χ4v) is 5.52. The molecule has 0 unspecified atom stereocenters. The van der Waals surface area contributed by atoms with Gasteiger partial charge in [-0.3, -0.25) is 19.2 Å². The summed E-state index contributed by atoms with van der Waals surface area (Å²) in [6.07, 6.45) is 1.68. The average molecular weight is 691 g/mol. The largest absolute Gasteiger partial charge is 0.480 e. The molecule has 10 N–H and O–H groups in total. The van der Waals surface area contributed by atoms with Gasteiger partial charge in [-0.05, 0) is 66.5 Å². The number of carbonyl (C=O) groups excluding carboxylic acids is 4. The van der Waals surface area contributed by atoms with Gasteiger partial charge in [-0.25, -0.2) is 4.79 Å². The first-order valence-corrected chi connectivity index (χ1v) is 16.9. The number of nitrogens with two attached hydrogens (primary N) is 2. The lowest BCUT2D eigenvalue weighted by Gasteiger charge is -2.26. The van der Waals surface area contributed by atoms with Crippen LogP contribution in [-0.4, -0.2) is 83.2 Å². The van der Waals surface area contributed by atoms with E-state index in [1.165, 1.54) is 0 Å². The predicted molar refractivity (Wildman–Crippen MR) is 191 cm³/mol. The zero-order chi connectivity index (χ0) is 36.6. The molecule has 3 rings (SSSR count). The summed E-state index contributed by atoms with van der Waals surface area (Å²) in [5.74, 6) is -4.13. The molecule has 13 nitrogen and oxygen atoms in total. The second-order valence-electron chi connectivity index (χ2n) is 12.9. The first kappa shape index (κ1) is 39.6. The smallest absolute Gasteiger partial charge is 0.326 e. The van der Waals surface area contributed by atoms with Gasteiger partial charge in [0.2, 0.25) is 23.6 Å². The summed E-state index contributed by atoms with van der Waals surface area (Å²) in [5.41, 5.74) is 13.4. The highest BCUT2D eigenvalue weighted by Crippen LogP contribution is 2.17. The van der Waals surface area contributed by atoms with Crippen molar-refractivity contribution in [2.75, 3.05) is 13.2 Å². The van der Waals surface area contributed by atoms with Crippen molar-refractivity contribution in [2.45, 2.75) is 82.6 Å². The molecule has 0 fully saturated rings. The maximum atomic E-state index is 13.5. The van der Waals surface area contributed by atoms with Crippen LogP contribution in [0.25, 0.3) is 10.8 Å². The van der Waals surface area contributed by atoms with E-state index in [1.807, 2.05) is 56.3 Å². The molecule has 270 valence electrons. The molecule has 3 aromatic carbocycles. The lowest BCUT2D eigenvalue weighted by Crippen LogP contribution is -2.59. The van der Waals surface area contributed by atoms with Crippen LogP contribution >= 0.6 is 0 Å². The number of hydrogen-bond acceptors (Lipinski definition) is 8. The fourth-order valence-electron chi connectivity index (χ4n) is 5.52. The Morgan fingerprint density at radius 1 is 0.660 bits per heavy atom. The molecule has 50 heavy (non-hydrogen) atoms. The number of amides is 4. The van der Waals surface area contributed by atoms with E-state index in [0.29, 0.717) is 24.9 Å². The molecule has 0 aromatic heterocycles. The summed E-state index contributed by atoms with van der Waals surface area (Å²) < 4.78 is 0. The van der Waals surface area contributed by atoms with Crippen LogP contribution in [0.5, 0.6) is 0 Å². The minimum Gasteiger partial charge on any atom is -0.480 e. The van der Waals surface area contributed by atoms with E-state index >= 15 is 0 Å². The number of aliphatic hydroxyl groups excluding tert-OH is 1. The van der Waals surface area contributed by atoms with Crippen LogP contribution in [0, 0.1) is 5.92 Å². The Balaban J connectivity index is 1.71. The van der Waals surface area contributed by atoms with Gasteiger partial charge in [0.05, 0.1) is 12.6 Å². The normalized spacial score (nSPS) is 14.2. The molecule has 0 radical (unpaired) electrons. The Morgan fingerprint density at radius 3 is 1.88 bits per heavy atom. The number of rotatable bonds is 20. The van der Waals surface area contributed by atoms with Crippen molar-refractivity contribution in [1.82, 2.24) is 21.3 Å². The standard InChI is InChI=1S/C37H50N6O7/c1-23(2)18-31(37(49)50)42-35(47)30(21-24-10-4-3-5-11-24)41-36(48)32(22-44)43-34(46)29(14-8-9-17-38)40-33(45)28(39)20-25-15-16-26-12-6-7-13-27(26)19-25/h3-7,10-13,15-16,19,23,28-32,44H,8-9,14,17-18,20-22,38-39H2,1-2H3,(H,40,45)(H,41,48)(H,42,47)(H,43,46)(H,49,50)/t28-,29-,30-,31-,32-/m0/s1. The van der Waals surface area contributed by atoms with Gasteiger partial charge in [0.25, 0.3) is 0 Å². The maximum Gasteiger partial charge on any atom is 0.326 e. The molecule has 4 amide bonds. The number of carboxylic acids is 1. The number of carbonyl (C=O) groups is 5. The molecule has 0 bridgehead atoms. The van der Waals surface area contributed by atoms with Gasteiger partial charge in [0, 0.05) is 6.42 Å². The molecule has 3 aromatic rings. The quantitative estimate of drug-likeness (QED) is 0.0795. The Bertz CT molecular complexity index is 1580. The van der Waals surface area contributed by atoms with Crippen LogP contribution < -0.4 is 32.7 Å². The highest BCUT2D eigenvalue weighted by molar-refractivity contribution is 5.95. The number of aliphatic carboxylic acids is 1. The summed E-state index contributed by atoms with van der Waals surface area (Å²) in [7, 11) is 0. The number of nitrogens with one attached hydrogen (secondary N) is 4. The Labute approximate surface area is 292 Å². The lowest BCUT2D eigenvalue weighted by molar-refractivity contribution is -0.142. The van der Waals surface area contributed by atoms with E-state index in [2.05, 4.69) is 21.3 Å². The topological polar surface area (TPSA) is 226 Å². The first-order chi connectivity index (χ1) is 23.9. The Morgan fingerprint density at radius 2 is 1.24 bits per heavy atom. The third-order valence-electron chi connectivity index (χ3n) is 8.24. The highest BCUT2D eigenvalue weighted by atomic mass is 16.4. The molecular formula is C37H50N6O7. The summed E-state index contributed by atoms with van der Waals surface area (Å²) >= 11 is 0. The molecule has 0 saturated heterocycles. The van der Waals surface area contributed by atoms with Gasteiger partial charge in [-0.2, -0.15) is 0 Å². The zero-order valence-electron chi connectivity index (χ0n) is 28.6. The molecule has 0 spiro atoms. The lowest BCUT2D eigenvalue weighted by atomic mass is 10.0. The van der Waals surface area contributed by atoms with E-state index in [4.69, 9.17) is 11.5 Å². The van der Waals surface area contributed by atoms with Crippen LogP contribution in [0.4, 0.5) is 0 Å². The van der Waals surface area contributed by atoms with E-state index in [1.54, 1.807) is 30.3 Å². The maximum absolute atomic E-state index is 13.5. The molecule has 13 heteroatoms. The highest BCUT2D eigenvalue weighted by Gasteiger charge is 2.32. The molecule has 0 heterocycles. The van der Waals surface area contributed by atoms with Crippen molar-refractivity contribution in [2.24, 2.45) is 17.4 Å². The average Bonchev–Trinajstić information content (AvgIpc) is 3.09. The van der Waals surface area contributed by atoms with Crippen molar-refractivity contribution in [3.05, 3.63) is 83.9 Å². The summed E-state index contributed by atoms with van der Waals surface area (Å²) in [4.78, 5) is 65.3. The van der Waals surface area contributed by atoms with Crippen LogP contribution in [0.15, 0.2) is 72.8 Å². The number of unbranched alkanes of at least 4 members (excludes halogenated alkanes) is 1. The number of benzene rings is 3. The molecule has 0 aliphatic heterocycles. The van der Waals surface area contributed by atoms with Crippen LogP contribution in [0.1, 0.15) is 50.7 Å². The van der Waals surface area contributed by atoms with Gasteiger partial charge in [0.15, 0.2) is 0 Å². The SMILES string of the molecule is CC(C)C[C@H](NC(=O)[C@H](Cc1ccccc1)NC(=O)[C@H](CO)NC(=O)[C@H](CCCCN)NC(=O)[C@@H](N)Cc1ccc2ccccc2c1)C(=O)O. The first-order valence-electron chi connectivity index (χ1n) is 16.9. The van der Waals surface area contributed by atoms with Crippen LogP contribution in [0.2, 0.25) is 0 Å². The number of hydrogen-bond donors (Lipinski definition) is 8. The second-order valence-corrected chi connectivity index (χ2v) is 12.9. The van der Waals surface area contributed by atoms with Gasteiger partial charge in [-0.15, -0.1) is 0 Å². The van der Waals surface area contributed by atoms with Crippen molar-refractivity contribution in [3.63, 3.8) is 0 Å². The van der Waals surface area contributed by atoms with Crippen LogP contribution in [-0.2, 0) is 36.8 Å². The van der Waals surface area contributed by atoms with Crippen molar-refractivity contribution in [1.29, 1.82) is 0 Å². The number of carboxylic acid groups (broad SMARTS) is 1. The van der Waals surface area contributed by atoms with E-state index < -0.39 is 66.4 Å². The predicted octanol–water partition coefficient (Wildman–Crippen LogP) is 1.14. The van der Waals surface area contributed by atoms with E-state index in [-0.39, 0.29) is 31.6 Å². The second kappa shape index (κ2) is 20.0. The minimum atomic E-state index is -1.49. The van der Waals surface area contributed by atoms with Crippen LogP contribution in [0.3, 0.4) is 0 Å². The van der Waals surface area contributed by atoms with E-state index in [9.17, 15) is 34.2 Å². The van der Waals surface area contributed by atoms with Gasteiger partial charge < -0.3 is 42.9 Å². The molecule has 0 saturated carbocycles. The number of fused-ring (bicyclic) bond motifs is 1. The molecule has 5 atom stereocenters. The fraction of sp³-hybridized carbons (Fsp3) is 0.432. The molecular weight excluding hydrogens is 640 g/mol. The molecule has 0 aliphatic rings. The monoisotopic (exact) mass is 690 g/mol. The molecule has 0 aliphatic carbocycles. The van der Waals surface area contributed by atoms with Gasteiger partial charge in [0.1, 0.15) is 24.2 Å². The van der Waals surface area contributed by atoms with Crippen molar-refractivity contribution < 1.29 is 34.2 Å². The summed E-state index contributed by atoms with van der Waals surface area (Å²) in [6.45, 7) is 3.21. The van der Waals surface area contributed by atoms with Crippen molar-refractivity contribution in [3.8, 4) is 0 Å². The van der Waals surface area contributed by atoms with Gasteiger partial charge >= 0.3 is 5.97 Å². The third-order valence-corrected chi connectivity index (χ3v) is 8.24. The minimum absolute atomic E-state index is 0.0192.